The SMILES string of the molecule is CC[C@H]([NH3+])C[NH+](C)CCc1ccncc1. The number of nitrogens with zero attached hydrogens (tertiary/aromatic N) is 1. The van der Waals surface area contributed by atoms with Crippen molar-refractivity contribution >= 4 is 0 Å². The maximum Gasteiger partial charge on any atom is 0.134 e. The Hall–Kier alpha value is -0.930. The van der Waals surface area contributed by atoms with E-state index in [0.29, 0.717) is 6.04 Å². The molecule has 3 nitrogen and oxygen atoms in total. The molecule has 1 aromatic heterocycles. The van der Waals surface area contributed by atoms with Crippen molar-refractivity contribution < 1.29 is 10.6 Å². The second-order valence-corrected chi connectivity index (χ2v) is 4.29. The number of aromatic nitrogens is 1. The molecular weight excluding hydrogens is 186 g/mol. The number of quaternary nitrogens is 2. The van der Waals surface area contributed by atoms with E-state index in [1.807, 2.05) is 12.4 Å². The lowest BCUT2D eigenvalue weighted by Crippen LogP contribution is -3.12. The zero-order valence-corrected chi connectivity index (χ0v) is 9.87. The molecule has 0 saturated heterocycles. The van der Waals surface area contributed by atoms with Gasteiger partial charge in [0.25, 0.3) is 0 Å². The first-order valence-electron chi connectivity index (χ1n) is 5.75. The van der Waals surface area contributed by atoms with Crippen LogP contribution in [0.5, 0.6) is 0 Å². The van der Waals surface area contributed by atoms with Gasteiger partial charge in [0.15, 0.2) is 0 Å². The standard InChI is InChI=1S/C12H21N3/c1-3-12(13)10-15(2)9-6-11-4-7-14-8-5-11/h4-5,7-8,12H,3,6,9-10,13H2,1-2H3/p+2/t12-/m0/s1. The molecule has 0 amide bonds. The Labute approximate surface area is 92.3 Å². The smallest absolute Gasteiger partial charge is 0.134 e. The molecule has 3 heteroatoms. The Balaban J connectivity index is 2.25. The summed E-state index contributed by atoms with van der Waals surface area (Å²) in [5, 5.41) is 0. The van der Waals surface area contributed by atoms with Crippen molar-refractivity contribution in [2.75, 3.05) is 20.1 Å². The number of hydrogen-bond donors (Lipinski definition) is 2. The Bertz CT molecular complexity index is 261. The van der Waals surface area contributed by atoms with Crippen molar-refractivity contribution in [3.63, 3.8) is 0 Å². The van der Waals surface area contributed by atoms with Crippen LogP contribution < -0.4 is 10.6 Å². The lowest BCUT2D eigenvalue weighted by molar-refractivity contribution is -0.889. The zero-order chi connectivity index (χ0) is 11.1. The van der Waals surface area contributed by atoms with E-state index in [0.717, 1.165) is 6.42 Å². The number of hydrogen-bond acceptors (Lipinski definition) is 1. The molecule has 15 heavy (non-hydrogen) atoms. The van der Waals surface area contributed by atoms with Crippen molar-refractivity contribution in [3.05, 3.63) is 30.1 Å². The van der Waals surface area contributed by atoms with Crippen LogP contribution >= 0.6 is 0 Å². The molecule has 1 heterocycles. The van der Waals surface area contributed by atoms with Crippen LogP contribution in [-0.2, 0) is 6.42 Å². The topological polar surface area (TPSA) is 45.0 Å². The summed E-state index contributed by atoms with van der Waals surface area (Å²) in [6.45, 7) is 4.55. The van der Waals surface area contributed by atoms with Crippen LogP contribution in [0, 0.1) is 0 Å². The number of likely N-dealkylation sites (N-methyl/N-ethyl adjacent to an activating group) is 1. The highest BCUT2D eigenvalue weighted by atomic mass is 15.1. The van der Waals surface area contributed by atoms with Gasteiger partial charge in [-0.15, -0.1) is 0 Å². The molecule has 2 atom stereocenters. The third-order valence-corrected chi connectivity index (χ3v) is 2.80. The van der Waals surface area contributed by atoms with Crippen LogP contribution in [0.2, 0.25) is 0 Å². The summed E-state index contributed by atoms with van der Waals surface area (Å²) < 4.78 is 0. The van der Waals surface area contributed by atoms with Crippen molar-refractivity contribution in [1.29, 1.82) is 0 Å². The molecule has 0 radical (unpaired) electrons. The van der Waals surface area contributed by atoms with E-state index in [1.165, 1.54) is 25.1 Å². The van der Waals surface area contributed by atoms with E-state index >= 15 is 0 Å². The summed E-state index contributed by atoms with van der Waals surface area (Å²) >= 11 is 0. The Kier molecular flexibility index (Phi) is 5.29. The third-order valence-electron chi connectivity index (χ3n) is 2.80. The summed E-state index contributed by atoms with van der Waals surface area (Å²) in [4.78, 5) is 5.58. The van der Waals surface area contributed by atoms with Gasteiger partial charge < -0.3 is 10.6 Å². The molecule has 0 aromatic carbocycles. The van der Waals surface area contributed by atoms with E-state index in [2.05, 4.69) is 36.8 Å². The summed E-state index contributed by atoms with van der Waals surface area (Å²) in [5.41, 5.74) is 5.50. The largest absolute Gasteiger partial charge is 0.350 e. The van der Waals surface area contributed by atoms with Gasteiger partial charge in [0.2, 0.25) is 0 Å². The lowest BCUT2D eigenvalue weighted by Gasteiger charge is -2.15. The minimum absolute atomic E-state index is 0.586. The first-order valence-corrected chi connectivity index (χ1v) is 5.75. The van der Waals surface area contributed by atoms with Crippen LogP contribution in [0.15, 0.2) is 24.5 Å². The molecule has 0 aliphatic heterocycles. The fraction of sp³-hybridized carbons (Fsp3) is 0.583. The highest BCUT2D eigenvalue weighted by Crippen LogP contribution is 1.94. The molecule has 0 aliphatic carbocycles. The number of pyridine rings is 1. The van der Waals surface area contributed by atoms with E-state index < -0.39 is 0 Å². The number of nitrogens with one attached hydrogen (secondary N) is 1. The van der Waals surface area contributed by atoms with Gasteiger partial charge in [0.05, 0.1) is 13.6 Å². The fourth-order valence-electron chi connectivity index (χ4n) is 1.65. The molecule has 0 bridgehead atoms. The van der Waals surface area contributed by atoms with E-state index in [1.54, 1.807) is 4.90 Å². The normalized spacial score (nSPS) is 14.9. The van der Waals surface area contributed by atoms with Crippen molar-refractivity contribution in [2.45, 2.75) is 25.8 Å². The van der Waals surface area contributed by atoms with Gasteiger partial charge >= 0.3 is 0 Å². The molecule has 0 aliphatic rings. The first-order chi connectivity index (χ1) is 7.22. The third kappa shape index (κ3) is 4.91. The molecular formula is C12H23N3+2. The van der Waals surface area contributed by atoms with Gasteiger partial charge in [0, 0.05) is 25.2 Å². The van der Waals surface area contributed by atoms with E-state index in [9.17, 15) is 0 Å². The van der Waals surface area contributed by atoms with Crippen LogP contribution in [0.1, 0.15) is 18.9 Å². The highest BCUT2D eigenvalue weighted by molar-refractivity contribution is 5.09. The average Bonchev–Trinajstić information content (AvgIpc) is 2.27. The molecule has 1 rings (SSSR count). The molecule has 0 fully saturated rings. The predicted octanol–water partition coefficient (Wildman–Crippen LogP) is -0.841. The molecule has 1 unspecified atom stereocenters. The Morgan fingerprint density at radius 1 is 1.40 bits per heavy atom. The van der Waals surface area contributed by atoms with Gasteiger partial charge in [-0.3, -0.25) is 4.98 Å². The lowest BCUT2D eigenvalue weighted by atomic mass is 10.2. The number of rotatable bonds is 6. The minimum Gasteiger partial charge on any atom is -0.350 e. The van der Waals surface area contributed by atoms with Crippen LogP contribution in [0.25, 0.3) is 0 Å². The van der Waals surface area contributed by atoms with Gasteiger partial charge in [0.1, 0.15) is 12.6 Å². The van der Waals surface area contributed by atoms with E-state index in [4.69, 9.17) is 0 Å². The van der Waals surface area contributed by atoms with E-state index in [-0.39, 0.29) is 0 Å². The minimum atomic E-state index is 0.586. The Morgan fingerprint density at radius 3 is 2.67 bits per heavy atom. The van der Waals surface area contributed by atoms with Crippen LogP contribution in [-0.4, -0.2) is 31.2 Å². The zero-order valence-electron chi connectivity index (χ0n) is 9.87. The first kappa shape index (κ1) is 12.1. The van der Waals surface area contributed by atoms with Crippen molar-refractivity contribution in [2.24, 2.45) is 0 Å². The highest BCUT2D eigenvalue weighted by Gasteiger charge is 2.10. The predicted molar refractivity (Wildman–Crippen MR) is 61.5 cm³/mol. The molecule has 4 N–H and O–H groups in total. The fourth-order valence-corrected chi connectivity index (χ4v) is 1.65. The molecule has 0 spiro atoms. The van der Waals surface area contributed by atoms with Crippen molar-refractivity contribution in [1.82, 2.24) is 4.98 Å². The Morgan fingerprint density at radius 2 is 2.07 bits per heavy atom. The molecule has 1 aromatic rings. The summed E-state index contributed by atoms with van der Waals surface area (Å²) in [5.74, 6) is 0. The summed E-state index contributed by atoms with van der Waals surface area (Å²) in [6.07, 6.45) is 6.03. The second-order valence-electron chi connectivity index (χ2n) is 4.29. The second kappa shape index (κ2) is 6.53. The average molecular weight is 209 g/mol. The van der Waals surface area contributed by atoms with Gasteiger partial charge in [-0.2, -0.15) is 0 Å². The van der Waals surface area contributed by atoms with Crippen LogP contribution in [0.3, 0.4) is 0 Å². The van der Waals surface area contributed by atoms with Gasteiger partial charge in [-0.25, -0.2) is 0 Å². The van der Waals surface area contributed by atoms with Crippen LogP contribution in [0.4, 0.5) is 0 Å². The van der Waals surface area contributed by atoms with Gasteiger partial charge in [-0.1, -0.05) is 6.92 Å². The van der Waals surface area contributed by atoms with Crippen molar-refractivity contribution in [3.8, 4) is 0 Å². The monoisotopic (exact) mass is 209 g/mol. The van der Waals surface area contributed by atoms with Gasteiger partial charge in [-0.05, 0) is 17.7 Å². The summed E-state index contributed by atoms with van der Waals surface area (Å²) in [7, 11) is 2.25. The summed E-state index contributed by atoms with van der Waals surface area (Å²) in [6, 6.07) is 4.77. The molecule has 84 valence electrons. The maximum atomic E-state index is 4.12. The molecule has 0 saturated carbocycles. The quantitative estimate of drug-likeness (QED) is 0.630. The maximum absolute atomic E-state index is 4.12.